The van der Waals surface area contributed by atoms with Crippen molar-refractivity contribution < 1.29 is 9.90 Å². The van der Waals surface area contributed by atoms with Gasteiger partial charge in [0, 0.05) is 21.4 Å². The van der Waals surface area contributed by atoms with Crippen LogP contribution < -0.4 is 5.32 Å². The fraction of sp³-hybridized carbons (Fsp3) is 0.0625. The lowest BCUT2D eigenvalue weighted by atomic mass is 10.2. The molecule has 0 radical (unpaired) electrons. The molecule has 0 saturated heterocycles. The Balaban J connectivity index is 1.77. The molecule has 0 spiro atoms. The van der Waals surface area contributed by atoms with Crippen molar-refractivity contribution in [1.29, 1.82) is 0 Å². The average Bonchev–Trinajstić information content (AvgIpc) is 2.93. The first kappa shape index (κ1) is 15.5. The summed E-state index contributed by atoms with van der Waals surface area (Å²) in [5.41, 5.74) is 1.24. The highest BCUT2D eigenvalue weighted by Crippen LogP contribution is 2.30. The minimum absolute atomic E-state index is 0.278. The number of hydrogen-bond acceptors (Lipinski definition) is 6. The zero-order chi connectivity index (χ0) is 16.2. The van der Waals surface area contributed by atoms with Crippen LogP contribution in [0.25, 0.3) is 0 Å². The Morgan fingerprint density at radius 3 is 2.83 bits per heavy atom. The van der Waals surface area contributed by atoms with E-state index in [0.717, 1.165) is 20.6 Å². The number of nitrogens with one attached hydrogen (secondary N) is 1. The molecular formula is C16H13N3O2S2. The number of carboxylic acid groups (broad SMARTS) is 1. The second-order valence-corrected chi connectivity index (χ2v) is 6.74. The van der Waals surface area contributed by atoms with Crippen molar-refractivity contribution in [2.75, 3.05) is 5.32 Å². The summed E-state index contributed by atoms with van der Waals surface area (Å²) < 4.78 is 0. The van der Waals surface area contributed by atoms with Crippen LogP contribution in [-0.4, -0.2) is 21.0 Å². The molecule has 0 saturated carbocycles. The molecule has 3 rings (SSSR count). The van der Waals surface area contributed by atoms with Gasteiger partial charge in [0.2, 0.25) is 0 Å². The van der Waals surface area contributed by atoms with Crippen molar-refractivity contribution in [2.45, 2.75) is 16.7 Å². The molecule has 2 N–H and O–H groups in total. The SMILES string of the molecule is Cc1csc(Nc2cc(Sc3cccc(C(=O)O)c3)ccn2)n1. The number of pyridine rings is 1. The van der Waals surface area contributed by atoms with Crippen LogP contribution in [0.15, 0.2) is 57.8 Å². The van der Waals surface area contributed by atoms with Crippen molar-refractivity contribution >= 4 is 40.0 Å². The number of aromatic nitrogens is 2. The number of thiazole rings is 1. The van der Waals surface area contributed by atoms with Gasteiger partial charge in [-0.15, -0.1) is 11.3 Å². The zero-order valence-corrected chi connectivity index (χ0v) is 13.8. The van der Waals surface area contributed by atoms with Gasteiger partial charge < -0.3 is 10.4 Å². The van der Waals surface area contributed by atoms with Gasteiger partial charge in [0.25, 0.3) is 0 Å². The average molecular weight is 343 g/mol. The van der Waals surface area contributed by atoms with E-state index in [1.807, 2.05) is 30.5 Å². The summed E-state index contributed by atoms with van der Waals surface area (Å²) >= 11 is 3.01. The minimum Gasteiger partial charge on any atom is -0.478 e. The van der Waals surface area contributed by atoms with E-state index in [-0.39, 0.29) is 5.56 Å². The summed E-state index contributed by atoms with van der Waals surface area (Å²) in [7, 11) is 0. The van der Waals surface area contributed by atoms with Crippen LogP contribution in [0.4, 0.5) is 10.9 Å². The Labute approximate surface area is 141 Å². The highest BCUT2D eigenvalue weighted by molar-refractivity contribution is 7.99. The van der Waals surface area contributed by atoms with E-state index in [1.54, 1.807) is 24.4 Å². The molecule has 116 valence electrons. The van der Waals surface area contributed by atoms with Crippen LogP contribution >= 0.6 is 23.1 Å². The molecule has 5 nitrogen and oxygen atoms in total. The van der Waals surface area contributed by atoms with Crippen LogP contribution in [0.3, 0.4) is 0 Å². The van der Waals surface area contributed by atoms with Gasteiger partial charge in [-0.2, -0.15) is 0 Å². The smallest absolute Gasteiger partial charge is 0.335 e. The van der Waals surface area contributed by atoms with E-state index in [1.165, 1.54) is 23.1 Å². The zero-order valence-electron chi connectivity index (χ0n) is 12.2. The molecule has 0 aliphatic rings. The van der Waals surface area contributed by atoms with E-state index in [4.69, 9.17) is 5.11 Å². The molecule has 0 unspecified atom stereocenters. The fourth-order valence-corrected chi connectivity index (χ4v) is 3.49. The standard InChI is InChI=1S/C16H13N3O2S2/c1-10-9-22-16(18-10)19-14-8-13(5-6-17-14)23-12-4-2-3-11(7-12)15(20)21/h2-9H,1H3,(H,20,21)(H,17,18,19). The van der Waals surface area contributed by atoms with E-state index in [2.05, 4.69) is 15.3 Å². The van der Waals surface area contributed by atoms with Crippen LogP contribution in [0.2, 0.25) is 0 Å². The number of carbonyl (C=O) groups is 1. The molecule has 2 aromatic heterocycles. The number of benzene rings is 1. The number of aryl methyl sites for hydroxylation is 1. The summed E-state index contributed by atoms with van der Waals surface area (Å²) in [6, 6.07) is 10.7. The third-order valence-corrected chi connectivity index (χ3v) is 4.76. The number of carboxylic acids is 1. The molecule has 7 heteroatoms. The maximum Gasteiger partial charge on any atom is 0.335 e. The molecule has 23 heavy (non-hydrogen) atoms. The van der Waals surface area contributed by atoms with Crippen LogP contribution in [-0.2, 0) is 0 Å². The normalized spacial score (nSPS) is 10.5. The molecule has 0 bridgehead atoms. The van der Waals surface area contributed by atoms with Gasteiger partial charge in [-0.3, -0.25) is 0 Å². The topological polar surface area (TPSA) is 75.1 Å². The summed E-state index contributed by atoms with van der Waals surface area (Å²) in [5, 5.41) is 15.0. The summed E-state index contributed by atoms with van der Waals surface area (Å²) in [6.07, 6.45) is 1.71. The molecule has 0 amide bonds. The first-order valence-corrected chi connectivity index (χ1v) is 8.46. The largest absolute Gasteiger partial charge is 0.478 e. The van der Waals surface area contributed by atoms with Gasteiger partial charge in [0.15, 0.2) is 5.13 Å². The number of anilines is 2. The number of hydrogen-bond donors (Lipinski definition) is 2. The highest BCUT2D eigenvalue weighted by Gasteiger charge is 2.06. The third kappa shape index (κ3) is 4.08. The monoisotopic (exact) mass is 343 g/mol. The molecule has 0 aliphatic carbocycles. The number of aromatic carboxylic acids is 1. The Morgan fingerprint density at radius 1 is 1.26 bits per heavy atom. The Hall–Kier alpha value is -2.38. The molecule has 0 aliphatic heterocycles. The molecule has 3 aromatic rings. The molecular weight excluding hydrogens is 330 g/mol. The van der Waals surface area contributed by atoms with E-state index in [9.17, 15) is 4.79 Å². The molecule has 0 fully saturated rings. The fourth-order valence-electron chi connectivity index (χ4n) is 1.89. The van der Waals surface area contributed by atoms with Gasteiger partial charge in [0.1, 0.15) is 5.82 Å². The van der Waals surface area contributed by atoms with Crippen molar-refractivity contribution in [3.63, 3.8) is 0 Å². The van der Waals surface area contributed by atoms with E-state index < -0.39 is 5.97 Å². The molecule has 1 aromatic carbocycles. The summed E-state index contributed by atoms with van der Waals surface area (Å²) in [5.74, 6) is -0.220. The lowest BCUT2D eigenvalue weighted by molar-refractivity contribution is 0.0696. The van der Waals surface area contributed by atoms with Gasteiger partial charge in [-0.25, -0.2) is 14.8 Å². The lowest BCUT2D eigenvalue weighted by Crippen LogP contribution is -1.95. The first-order chi connectivity index (χ1) is 11.1. The van der Waals surface area contributed by atoms with Gasteiger partial charge in [-0.1, -0.05) is 17.8 Å². The van der Waals surface area contributed by atoms with Crippen molar-refractivity contribution in [3.8, 4) is 0 Å². The van der Waals surface area contributed by atoms with E-state index in [0.29, 0.717) is 5.82 Å². The van der Waals surface area contributed by atoms with Gasteiger partial charge in [0.05, 0.1) is 11.3 Å². The highest BCUT2D eigenvalue weighted by atomic mass is 32.2. The van der Waals surface area contributed by atoms with Crippen LogP contribution in [0.1, 0.15) is 16.1 Å². The maximum atomic E-state index is 11.0. The van der Waals surface area contributed by atoms with Gasteiger partial charge in [-0.05, 0) is 37.3 Å². The molecule has 2 heterocycles. The second kappa shape index (κ2) is 6.80. The Kier molecular flexibility index (Phi) is 4.59. The summed E-state index contributed by atoms with van der Waals surface area (Å²) in [4.78, 5) is 21.5. The number of rotatable bonds is 5. The van der Waals surface area contributed by atoms with Crippen molar-refractivity contribution in [2.24, 2.45) is 0 Å². The summed E-state index contributed by atoms with van der Waals surface area (Å²) in [6.45, 7) is 1.94. The minimum atomic E-state index is -0.927. The predicted octanol–water partition coefficient (Wildman–Crippen LogP) is 4.44. The van der Waals surface area contributed by atoms with Crippen LogP contribution in [0.5, 0.6) is 0 Å². The van der Waals surface area contributed by atoms with Gasteiger partial charge >= 0.3 is 5.97 Å². The third-order valence-electron chi connectivity index (χ3n) is 2.90. The predicted molar refractivity (Wildman–Crippen MR) is 91.9 cm³/mol. The number of nitrogens with zero attached hydrogens (tertiary/aromatic N) is 2. The Bertz CT molecular complexity index is 849. The van der Waals surface area contributed by atoms with Crippen LogP contribution in [0, 0.1) is 6.92 Å². The quantitative estimate of drug-likeness (QED) is 0.713. The van der Waals surface area contributed by atoms with E-state index >= 15 is 0 Å². The second-order valence-electron chi connectivity index (χ2n) is 4.73. The van der Waals surface area contributed by atoms with Crippen molar-refractivity contribution in [3.05, 3.63) is 59.2 Å². The Morgan fingerprint density at radius 2 is 2.09 bits per heavy atom. The molecule has 0 atom stereocenters. The van der Waals surface area contributed by atoms with Crippen molar-refractivity contribution in [1.82, 2.24) is 9.97 Å². The first-order valence-electron chi connectivity index (χ1n) is 6.76. The maximum absolute atomic E-state index is 11.0. The lowest BCUT2D eigenvalue weighted by Gasteiger charge is -2.06.